The number of carboxylic acid groups (broad SMARTS) is 1. The van der Waals surface area contributed by atoms with Gasteiger partial charge in [0.25, 0.3) is 5.91 Å². The molecule has 1 fully saturated rings. The van der Waals surface area contributed by atoms with Gasteiger partial charge in [-0.1, -0.05) is 24.3 Å². The van der Waals surface area contributed by atoms with Gasteiger partial charge in [-0.3, -0.25) is 19.2 Å². The number of carbonyl (C=O) groups is 2. The average molecular weight is 342 g/mol. The van der Waals surface area contributed by atoms with E-state index in [-0.39, 0.29) is 12.5 Å². The highest BCUT2D eigenvalue weighted by molar-refractivity contribution is 5.92. The highest BCUT2D eigenvalue weighted by atomic mass is 16.4. The lowest BCUT2D eigenvalue weighted by atomic mass is 10.1. The van der Waals surface area contributed by atoms with E-state index in [9.17, 15) is 9.59 Å². The van der Waals surface area contributed by atoms with Crippen LogP contribution in [0.15, 0.2) is 36.5 Å². The third kappa shape index (κ3) is 4.24. The number of nitrogens with zero attached hydrogens (tertiary/aromatic N) is 4. The molecule has 0 bridgehead atoms. The number of hydrogen-bond acceptors (Lipinski definition) is 4. The topological polar surface area (TPSA) is 78.7 Å². The molecule has 0 atom stereocenters. The summed E-state index contributed by atoms with van der Waals surface area (Å²) < 4.78 is 1.27. The molecule has 2 heterocycles. The van der Waals surface area contributed by atoms with Crippen LogP contribution in [0.5, 0.6) is 0 Å². The predicted molar refractivity (Wildman–Crippen MR) is 92.2 cm³/mol. The van der Waals surface area contributed by atoms with Crippen molar-refractivity contribution in [3.05, 3.63) is 53.3 Å². The summed E-state index contributed by atoms with van der Waals surface area (Å²) in [7, 11) is 0. The zero-order valence-corrected chi connectivity index (χ0v) is 14.3. The van der Waals surface area contributed by atoms with E-state index in [1.807, 2.05) is 6.07 Å². The largest absolute Gasteiger partial charge is 0.480 e. The number of rotatable bonds is 5. The normalized spacial score (nSPS) is 15.3. The van der Waals surface area contributed by atoms with Gasteiger partial charge >= 0.3 is 5.97 Å². The van der Waals surface area contributed by atoms with Crippen molar-refractivity contribution in [3.8, 4) is 0 Å². The van der Waals surface area contributed by atoms with Gasteiger partial charge in [-0.2, -0.15) is 5.10 Å². The van der Waals surface area contributed by atoms with Crippen molar-refractivity contribution in [2.75, 3.05) is 26.2 Å². The average Bonchev–Trinajstić information content (AvgIpc) is 3.05. The molecule has 1 saturated heterocycles. The summed E-state index contributed by atoms with van der Waals surface area (Å²) in [5.41, 5.74) is 2.90. The molecular weight excluding hydrogens is 320 g/mol. The van der Waals surface area contributed by atoms with E-state index in [1.54, 1.807) is 11.0 Å². The smallest absolute Gasteiger partial charge is 0.325 e. The molecule has 0 radical (unpaired) electrons. The zero-order chi connectivity index (χ0) is 17.8. The molecular formula is C18H22N4O3. The summed E-state index contributed by atoms with van der Waals surface area (Å²) in [6, 6.07) is 9.92. The van der Waals surface area contributed by atoms with Crippen molar-refractivity contribution in [2.24, 2.45) is 0 Å². The molecule has 7 nitrogen and oxygen atoms in total. The molecule has 2 aromatic rings. The van der Waals surface area contributed by atoms with Gasteiger partial charge in [-0.05, 0) is 24.1 Å². The number of piperazine rings is 1. The summed E-state index contributed by atoms with van der Waals surface area (Å²) >= 11 is 0. The van der Waals surface area contributed by atoms with Crippen molar-refractivity contribution in [3.63, 3.8) is 0 Å². The van der Waals surface area contributed by atoms with Crippen LogP contribution in [0.25, 0.3) is 0 Å². The van der Waals surface area contributed by atoms with Crippen LogP contribution in [-0.4, -0.2) is 62.7 Å². The molecule has 1 aliphatic heterocycles. The van der Waals surface area contributed by atoms with Gasteiger partial charge < -0.3 is 10.0 Å². The number of carbonyl (C=O) groups excluding carboxylic acids is 1. The Bertz CT molecular complexity index is 763. The van der Waals surface area contributed by atoms with E-state index < -0.39 is 5.97 Å². The van der Waals surface area contributed by atoms with Crippen LogP contribution in [0.4, 0.5) is 0 Å². The molecule has 0 unspecified atom stereocenters. The first-order valence-electron chi connectivity index (χ1n) is 8.34. The van der Waals surface area contributed by atoms with Crippen LogP contribution in [-0.2, 0) is 17.9 Å². The van der Waals surface area contributed by atoms with Gasteiger partial charge in [0.05, 0.1) is 0 Å². The summed E-state index contributed by atoms with van der Waals surface area (Å²) in [6.45, 7) is 5.70. The SMILES string of the molecule is Cc1ccccc1CN1CCN(C(=O)c2ccn(CC(=O)O)n2)CC1. The fraction of sp³-hybridized carbons (Fsp3) is 0.389. The monoisotopic (exact) mass is 342 g/mol. The van der Waals surface area contributed by atoms with Gasteiger partial charge in [-0.25, -0.2) is 0 Å². The van der Waals surface area contributed by atoms with Crippen molar-refractivity contribution in [2.45, 2.75) is 20.0 Å². The first-order chi connectivity index (χ1) is 12.0. The lowest BCUT2D eigenvalue weighted by molar-refractivity contribution is -0.137. The maximum absolute atomic E-state index is 12.5. The number of aromatic nitrogens is 2. The van der Waals surface area contributed by atoms with E-state index in [1.165, 1.54) is 22.0 Å². The third-order valence-electron chi connectivity index (χ3n) is 4.47. The first kappa shape index (κ1) is 17.2. The Morgan fingerprint density at radius 3 is 2.52 bits per heavy atom. The van der Waals surface area contributed by atoms with Gasteiger partial charge in [0.15, 0.2) is 0 Å². The minimum atomic E-state index is -0.980. The Balaban J connectivity index is 1.55. The molecule has 7 heteroatoms. The molecule has 1 aliphatic rings. The van der Waals surface area contributed by atoms with Gasteiger partial charge in [0, 0.05) is 38.9 Å². The number of amides is 1. The Morgan fingerprint density at radius 2 is 1.84 bits per heavy atom. The summed E-state index contributed by atoms with van der Waals surface area (Å²) in [4.78, 5) is 27.3. The Labute approximate surface area is 146 Å². The summed E-state index contributed by atoms with van der Waals surface area (Å²) in [5, 5.41) is 12.8. The van der Waals surface area contributed by atoms with E-state index in [4.69, 9.17) is 5.11 Å². The van der Waals surface area contributed by atoms with Crippen LogP contribution in [0, 0.1) is 6.92 Å². The van der Waals surface area contributed by atoms with Crippen LogP contribution in [0.3, 0.4) is 0 Å². The minimum absolute atomic E-state index is 0.139. The predicted octanol–water partition coefficient (Wildman–Crippen LogP) is 1.23. The maximum Gasteiger partial charge on any atom is 0.325 e. The van der Waals surface area contributed by atoms with Gasteiger partial charge in [0.1, 0.15) is 12.2 Å². The fourth-order valence-electron chi connectivity index (χ4n) is 3.00. The van der Waals surface area contributed by atoms with Crippen molar-refractivity contribution < 1.29 is 14.7 Å². The highest BCUT2D eigenvalue weighted by Crippen LogP contribution is 2.13. The second-order valence-corrected chi connectivity index (χ2v) is 6.29. The first-order valence-corrected chi connectivity index (χ1v) is 8.34. The Morgan fingerprint density at radius 1 is 1.12 bits per heavy atom. The molecule has 1 amide bonds. The molecule has 25 heavy (non-hydrogen) atoms. The standard InChI is InChI=1S/C18H22N4O3/c1-14-4-2-3-5-15(14)12-20-8-10-21(11-9-20)18(25)16-6-7-22(19-16)13-17(23)24/h2-7H,8-13H2,1H3,(H,23,24). The van der Waals surface area contributed by atoms with Gasteiger partial charge in [0.2, 0.25) is 0 Å². The van der Waals surface area contributed by atoms with Crippen molar-refractivity contribution in [1.29, 1.82) is 0 Å². The van der Waals surface area contributed by atoms with E-state index in [0.29, 0.717) is 18.8 Å². The van der Waals surface area contributed by atoms with Crippen molar-refractivity contribution in [1.82, 2.24) is 19.6 Å². The molecule has 0 saturated carbocycles. The Kier molecular flexibility index (Phi) is 5.14. The molecule has 1 aromatic carbocycles. The molecule has 0 aliphatic carbocycles. The van der Waals surface area contributed by atoms with Crippen LogP contribution in [0.1, 0.15) is 21.6 Å². The van der Waals surface area contributed by atoms with E-state index in [2.05, 4.69) is 35.1 Å². The Hall–Kier alpha value is -2.67. The van der Waals surface area contributed by atoms with Crippen LogP contribution < -0.4 is 0 Å². The molecule has 3 rings (SSSR count). The molecule has 1 aromatic heterocycles. The number of benzene rings is 1. The fourth-order valence-corrected chi connectivity index (χ4v) is 3.00. The van der Waals surface area contributed by atoms with E-state index >= 15 is 0 Å². The van der Waals surface area contributed by atoms with Crippen LogP contribution >= 0.6 is 0 Å². The quantitative estimate of drug-likeness (QED) is 0.884. The summed E-state index contributed by atoms with van der Waals surface area (Å²) in [5.74, 6) is -1.12. The van der Waals surface area contributed by atoms with Crippen molar-refractivity contribution >= 4 is 11.9 Å². The zero-order valence-electron chi connectivity index (χ0n) is 14.3. The number of aliphatic carboxylic acids is 1. The lowest BCUT2D eigenvalue weighted by Crippen LogP contribution is -2.48. The number of aryl methyl sites for hydroxylation is 1. The number of hydrogen-bond donors (Lipinski definition) is 1. The molecule has 0 spiro atoms. The maximum atomic E-state index is 12.5. The highest BCUT2D eigenvalue weighted by Gasteiger charge is 2.24. The van der Waals surface area contributed by atoms with Gasteiger partial charge in [-0.15, -0.1) is 0 Å². The molecule has 132 valence electrons. The second-order valence-electron chi connectivity index (χ2n) is 6.29. The second kappa shape index (κ2) is 7.48. The minimum Gasteiger partial charge on any atom is -0.480 e. The molecule has 1 N–H and O–H groups in total. The van der Waals surface area contributed by atoms with E-state index in [0.717, 1.165) is 19.6 Å². The summed E-state index contributed by atoms with van der Waals surface area (Å²) in [6.07, 6.45) is 1.52. The lowest BCUT2D eigenvalue weighted by Gasteiger charge is -2.34. The van der Waals surface area contributed by atoms with Crippen LogP contribution in [0.2, 0.25) is 0 Å². The third-order valence-corrected chi connectivity index (χ3v) is 4.47. The number of carboxylic acids is 1.